The third kappa shape index (κ3) is 12.0. The van der Waals surface area contributed by atoms with E-state index in [1.807, 2.05) is 64.2 Å². The minimum atomic E-state index is -0.638. The summed E-state index contributed by atoms with van der Waals surface area (Å²) in [6.45, 7) is 0. The Morgan fingerprint density at radius 2 is 0.520 bits per heavy atom. The van der Waals surface area contributed by atoms with Gasteiger partial charge in [0.1, 0.15) is 0 Å². The molecule has 4 aromatic carbocycles. The summed E-state index contributed by atoms with van der Waals surface area (Å²) < 4.78 is 0. The van der Waals surface area contributed by atoms with Gasteiger partial charge in [-0.05, 0) is 140 Å². The minimum Gasteiger partial charge on any atom is -0.0795 e. The first-order valence-electron chi connectivity index (χ1n) is 16.2. The summed E-state index contributed by atoms with van der Waals surface area (Å²) in [6, 6.07) is 43.7. The summed E-state index contributed by atoms with van der Waals surface area (Å²) in [7, 11) is -1.28. The first kappa shape index (κ1) is 41.3. The van der Waals surface area contributed by atoms with Gasteiger partial charge in [-0.25, -0.2) is 0 Å². The maximum atomic E-state index is 2.32. The van der Waals surface area contributed by atoms with Crippen molar-refractivity contribution in [2.24, 2.45) is 0 Å². The van der Waals surface area contributed by atoms with Crippen molar-refractivity contribution in [2.75, 3.05) is 0 Å². The van der Waals surface area contributed by atoms with Crippen molar-refractivity contribution in [3.8, 4) is 0 Å². The zero-order valence-electron chi connectivity index (χ0n) is 27.5. The SMILES string of the molecule is [CH]1[CH][CH][CH][CH]1.[CH]1[CH][CH][CH][CH]1.[CH]1[CH][C](/C=C\[C]2[CH][CH][CH][C]2P(c2ccccc2)c2ccccc2)[C](P(c2ccccc2)c2ccccc2)[CH]1.[Fe+2].[Fe+2]. The molecule has 0 aliphatic heterocycles. The van der Waals surface area contributed by atoms with Gasteiger partial charge in [-0.15, -0.1) is 0 Å². The fraction of sp³-hybridized carbons (Fsp3) is 0. The van der Waals surface area contributed by atoms with Gasteiger partial charge in [-0.1, -0.05) is 133 Å². The fourth-order valence-corrected chi connectivity index (χ4v) is 10.4. The predicted molar refractivity (Wildman–Crippen MR) is 209 cm³/mol. The van der Waals surface area contributed by atoms with E-state index in [4.69, 9.17) is 0 Å². The van der Waals surface area contributed by atoms with Crippen molar-refractivity contribution >= 4 is 37.1 Å². The number of hydrogen-bond donors (Lipinski definition) is 0. The topological polar surface area (TPSA) is 0 Å². The van der Waals surface area contributed by atoms with Gasteiger partial charge in [0.05, 0.1) is 0 Å². The number of allylic oxidation sites excluding steroid dienone is 2. The van der Waals surface area contributed by atoms with E-state index < -0.39 is 15.8 Å². The van der Waals surface area contributed by atoms with E-state index in [-0.39, 0.29) is 34.1 Å². The van der Waals surface area contributed by atoms with Gasteiger partial charge in [0.15, 0.2) is 0 Å². The van der Waals surface area contributed by atoms with Crippen LogP contribution in [0.15, 0.2) is 133 Å². The molecule has 0 amide bonds. The minimum absolute atomic E-state index is 0. The molecule has 0 heterocycles. The molecule has 50 heavy (non-hydrogen) atoms. The zero-order chi connectivity index (χ0) is 32.6. The van der Waals surface area contributed by atoms with Gasteiger partial charge in [-0.2, -0.15) is 0 Å². The molecule has 0 N–H and O–H groups in total. The van der Waals surface area contributed by atoms with Crippen LogP contribution < -0.4 is 21.2 Å². The molecular formula is C46H38Fe2P2+4. The van der Waals surface area contributed by atoms with Crippen molar-refractivity contribution in [2.45, 2.75) is 0 Å². The number of benzene rings is 4. The molecule has 0 aromatic heterocycles. The molecule has 244 valence electrons. The maximum absolute atomic E-state index is 2.32. The summed E-state index contributed by atoms with van der Waals surface area (Å²) in [5, 5.41) is 5.50. The van der Waals surface area contributed by atoms with Gasteiger partial charge >= 0.3 is 34.1 Å². The van der Waals surface area contributed by atoms with Crippen LogP contribution in [0.3, 0.4) is 0 Å². The molecule has 0 nitrogen and oxygen atoms in total. The van der Waals surface area contributed by atoms with Crippen LogP contribution in [0, 0.1) is 126 Å². The van der Waals surface area contributed by atoms with E-state index in [0.29, 0.717) is 0 Å². The van der Waals surface area contributed by atoms with Crippen LogP contribution in [0.2, 0.25) is 0 Å². The Kier molecular flexibility index (Phi) is 19.2. The third-order valence-corrected chi connectivity index (χ3v) is 12.8. The molecule has 0 bridgehead atoms. The molecule has 4 heteroatoms. The molecule has 0 unspecified atom stereocenters. The second kappa shape index (κ2) is 23.2. The van der Waals surface area contributed by atoms with Crippen LogP contribution in [0.4, 0.5) is 0 Å². The Bertz CT molecular complexity index is 1250. The number of rotatable bonds is 8. The number of hydrogen-bond acceptors (Lipinski definition) is 0. The zero-order valence-corrected chi connectivity index (χ0v) is 31.5. The van der Waals surface area contributed by atoms with Crippen LogP contribution in [0.1, 0.15) is 0 Å². The van der Waals surface area contributed by atoms with Crippen molar-refractivity contribution in [3.05, 3.63) is 259 Å². The van der Waals surface area contributed by atoms with E-state index in [0.717, 1.165) is 0 Å². The maximum Gasteiger partial charge on any atom is 2.00 e. The molecule has 0 spiro atoms. The fourth-order valence-electron chi connectivity index (χ4n) is 5.52. The molecule has 0 atom stereocenters. The molecule has 0 saturated heterocycles. The summed E-state index contributed by atoms with van der Waals surface area (Å²) in [6.07, 6.45) is 38.2. The average Bonchev–Trinajstić information content (AvgIpc) is 4.00. The van der Waals surface area contributed by atoms with Gasteiger partial charge in [0.25, 0.3) is 0 Å². The molecule has 4 aliphatic carbocycles. The van der Waals surface area contributed by atoms with Crippen LogP contribution in [-0.2, 0) is 34.1 Å². The Morgan fingerprint density at radius 3 is 0.760 bits per heavy atom. The monoisotopic (exact) mass is 764 g/mol. The summed E-state index contributed by atoms with van der Waals surface area (Å²) >= 11 is 0. The van der Waals surface area contributed by atoms with Crippen molar-refractivity contribution in [3.63, 3.8) is 0 Å². The summed E-state index contributed by atoms with van der Waals surface area (Å²) in [5.41, 5.74) is 2.80. The summed E-state index contributed by atoms with van der Waals surface area (Å²) in [4.78, 5) is 0. The molecule has 4 fully saturated rings. The Balaban J connectivity index is 0.000000403. The Labute approximate surface area is 328 Å². The summed E-state index contributed by atoms with van der Waals surface area (Å²) in [5.74, 6) is 2.58. The van der Waals surface area contributed by atoms with E-state index in [9.17, 15) is 0 Å². The molecule has 4 saturated carbocycles. The Morgan fingerprint density at radius 1 is 0.280 bits per heavy atom. The van der Waals surface area contributed by atoms with Crippen LogP contribution in [0.25, 0.3) is 0 Å². The van der Waals surface area contributed by atoms with E-state index in [2.05, 4.69) is 172 Å². The molecule has 20 radical (unpaired) electrons. The van der Waals surface area contributed by atoms with E-state index >= 15 is 0 Å². The van der Waals surface area contributed by atoms with Crippen molar-refractivity contribution in [1.82, 2.24) is 0 Å². The smallest absolute Gasteiger partial charge is 0.0795 e. The molecule has 4 aliphatic rings. The second-order valence-corrected chi connectivity index (χ2v) is 15.4. The molecular weight excluding hydrogens is 726 g/mol. The van der Waals surface area contributed by atoms with Crippen LogP contribution >= 0.6 is 15.8 Å². The van der Waals surface area contributed by atoms with Crippen molar-refractivity contribution in [1.29, 1.82) is 0 Å². The standard InChI is InChI=1S/C36H28P2.2C5H5.2Fe/c1-5-17-31(18-6-1)37(32-19-7-2-8-20-32)35-25-13-15-29(35)27-28-30-16-14-26-36(30)38(33-21-9-3-10-22-33)34-23-11-4-12-24-34;2*1-2-4-5-3-1;;/h1-28H;2*1-5H;;/q;;;2*+2/b28-27-;;;;. The van der Waals surface area contributed by atoms with Crippen molar-refractivity contribution < 1.29 is 34.1 Å². The first-order chi connectivity index (χ1) is 23.9. The average molecular weight is 764 g/mol. The van der Waals surface area contributed by atoms with E-state index in [1.54, 1.807) is 0 Å². The van der Waals surface area contributed by atoms with Gasteiger partial charge < -0.3 is 0 Å². The Hall–Kier alpha value is -1.48. The first-order valence-corrected chi connectivity index (χ1v) is 18.9. The quantitative estimate of drug-likeness (QED) is 0.124. The third-order valence-electron chi connectivity index (χ3n) is 7.74. The van der Waals surface area contributed by atoms with Crippen LogP contribution in [-0.4, -0.2) is 0 Å². The van der Waals surface area contributed by atoms with Crippen LogP contribution in [0.5, 0.6) is 0 Å². The van der Waals surface area contributed by atoms with E-state index in [1.165, 1.54) is 44.4 Å². The molecule has 8 rings (SSSR count). The van der Waals surface area contributed by atoms with Gasteiger partial charge in [-0.3, -0.25) is 0 Å². The largest absolute Gasteiger partial charge is 2.00 e. The van der Waals surface area contributed by atoms with Gasteiger partial charge in [0.2, 0.25) is 0 Å². The normalized spacial score (nSPS) is 18.4. The molecule has 4 aromatic rings. The second-order valence-electron chi connectivity index (χ2n) is 11.0. The van der Waals surface area contributed by atoms with Gasteiger partial charge in [0, 0.05) is 23.2 Å². The predicted octanol–water partition coefficient (Wildman–Crippen LogP) is 9.31.